The maximum Gasteiger partial charge on any atom is 0.247 e. The molecule has 0 aliphatic heterocycles. The Morgan fingerprint density at radius 2 is 2.14 bits per heavy atom. The first-order chi connectivity index (χ1) is 10.6. The Labute approximate surface area is 129 Å². The van der Waals surface area contributed by atoms with Gasteiger partial charge < -0.3 is 10.3 Å². The molecular weight excluding hydrogens is 279 g/mol. The molecule has 0 bridgehead atoms. The van der Waals surface area contributed by atoms with Crippen LogP contribution in [0.2, 0.25) is 0 Å². The Hall–Kier alpha value is -1.94. The quantitative estimate of drug-likeness (QED) is 0.907. The normalized spacial score (nSPS) is 22.6. The second-order valence-electron chi connectivity index (χ2n) is 6.14. The number of hydrogen-bond donors (Lipinski definition) is 2. The summed E-state index contributed by atoms with van der Waals surface area (Å²) in [5.41, 5.74) is 2.12. The Kier molecular flexibility index (Phi) is 4.39. The van der Waals surface area contributed by atoms with E-state index in [1.807, 2.05) is 18.3 Å². The summed E-state index contributed by atoms with van der Waals surface area (Å²) in [4.78, 5) is 13.9. The van der Waals surface area contributed by atoms with Crippen molar-refractivity contribution in [3.63, 3.8) is 0 Å². The topological polar surface area (TPSA) is 44.9 Å². The van der Waals surface area contributed by atoms with Gasteiger partial charge in [0.05, 0.1) is 0 Å². The van der Waals surface area contributed by atoms with E-state index >= 15 is 0 Å². The third-order valence-electron chi connectivity index (χ3n) is 4.55. The Morgan fingerprint density at radius 1 is 1.27 bits per heavy atom. The zero-order valence-corrected chi connectivity index (χ0v) is 12.7. The summed E-state index contributed by atoms with van der Waals surface area (Å²) in [6.45, 7) is 2.07. The van der Waals surface area contributed by atoms with Crippen molar-refractivity contribution in [2.45, 2.75) is 44.2 Å². The van der Waals surface area contributed by atoms with Crippen LogP contribution in [0.4, 0.5) is 4.39 Å². The lowest BCUT2D eigenvalue weighted by Gasteiger charge is -2.20. The van der Waals surface area contributed by atoms with E-state index in [9.17, 15) is 9.18 Å². The van der Waals surface area contributed by atoms with Crippen molar-refractivity contribution in [1.82, 2.24) is 10.3 Å². The van der Waals surface area contributed by atoms with Crippen LogP contribution in [0.3, 0.4) is 0 Å². The number of benzene rings is 1. The molecule has 0 amide bonds. The minimum atomic E-state index is -0.191. The molecule has 3 rings (SSSR count). The maximum absolute atomic E-state index is 13.3. The van der Waals surface area contributed by atoms with E-state index in [0.29, 0.717) is 12.0 Å². The van der Waals surface area contributed by atoms with Crippen LogP contribution in [0.15, 0.2) is 47.4 Å². The molecule has 0 saturated heterocycles. The van der Waals surface area contributed by atoms with Gasteiger partial charge in [0.15, 0.2) is 0 Å². The van der Waals surface area contributed by atoms with Crippen molar-refractivity contribution in [1.29, 1.82) is 0 Å². The number of aromatic amines is 1. The van der Waals surface area contributed by atoms with Crippen molar-refractivity contribution in [3.05, 3.63) is 69.9 Å². The second-order valence-corrected chi connectivity index (χ2v) is 6.14. The third kappa shape index (κ3) is 3.45. The number of hydrogen-bond acceptors (Lipinski definition) is 2. The molecule has 1 aromatic heterocycles. The van der Waals surface area contributed by atoms with Crippen LogP contribution in [0.5, 0.6) is 0 Å². The summed E-state index contributed by atoms with van der Waals surface area (Å²) in [5, 5.41) is 3.59. The van der Waals surface area contributed by atoms with Crippen LogP contribution < -0.4 is 10.9 Å². The molecule has 2 N–H and O–H groups in total. The summed E-state index contributed by atoms with van der Waals surface area (Å²) >= 11 is 0. The van der Waals surface area contributed by atoms with Gasteiger partial charge in [-0.15, -0.1) is 0 Å². The molecule has 4 heteroatoms. The fourth-order valence-corrected chi connectivity index (χ4v) is 3.34. The predicted octanol–water partition coefficient (Wildman–Crippen LogP) is 3.50. The Bertz CT molecular complexity index is 677. The van der Waals surface area contributed by atoms with Crippen molar-refractivity contribution >= 4 is 0 Å². The molecule has 1 heterocycles. The standard InChI is InChI=1S/C18H21FN2O/c1-12(13-3-2-4-16(19)9-13)21-17-7-5-14(10-17)15-6-8-18(22)20-11-15/h2-4,6,8-9,11-12,14,17,21H,5,7,10H2,1H3,(H,20,22)/t12-,14+,17?/m1/s1. The van der Waals surface area contributed by atoms with E-state index in [-0.39, 0.29) is 17.4 Å². The van der Waals surface area contributed by atoms with E-state index in [4.69, 9.17) is 0 Å². The van der Waals surface area contributed by atoms with Crippen molar-refractivity contribution < 1.29 is 4.39 Å². The average molecular weight is 300 g/mol. The van der Waals surface area contributed by atoms with Gasteiger partial charge in [0.25, 0.3) is 0 Å². The summed E-state index contributed by atoms with van der Waals surface area (Å²) in [7, 11) is 0. The van der Waals surface area contributed by atoms with Gasteiger partial charge in [0.1, 0.15) is 5.82 Å². The lowest BCUT2D eigenvalue weighted by molar-refractivity contribution is 0.455. The highest BCUT2D eigenvalue weighted by Gasteiger charge is 2.27. The van der Waals surface area contributed by atoms with Crippen LogP contribution in [0, 0.1) is 5.82 Å². The fourth-order valence-electron chi connectivity index (χ4n) is 3.34. The van der Waals surface area contributed by atoms with Crippen LogP contribution >= 0.6 is 0 Å². The number of halogens is 1. The lowest BCUT2D eigenvalue weighted by atomic mass is 9.99. The van der Waals surface area contributed by atoms with Crippen LogP contribution in [0.25, 0.3) is 0 Å². The number of pyridine rings is 1. The lowest BCUT2D eigenvalue weighted by Crippen LogP contribution is -2.29. The molecule has 3 atom stereocenters. The molecular formula is C18H21FN2O. The van der Waals surface area contributed by atoms with E-state index in [2.05, 4.69) is 17.2 Å². The molecule has 1 saturated carbocycles. The Morgan fingerprint density at radius 3 is 2.86 bits per heavy atom. The molecule has 2 aromatic rings. The van der Waals surface area contributed by atoms with Crippen LogP contribution in [0.1, 0.15) is 49.3 Å². The van der Waals surface area contributed by atoms with Crippen molar-refractivity contribution in [2.24, 2.45) is 0 Å². The van der Waals surface area contributed by atoms with Gasteiger partial charge in [-0.1, -0.05) is 18.2 Å². The SMILES string of the molecule is C[C@@H](NC1CC[C@H](c2ccc(=O)[nH]c2)C1)c1cccc(F)c1. The van der Waals surface area contributed by atoms with E-state index in [0.717, 1.165) is 24.8 Å². The van der Waals surface area contributed by atoms with Gasteiger partial charge in [-0.25, -0.2) is 4.39 Å². The van der Waals surface area contributed by atoms with Gasteiger partial charge in [-0.2, -0.15) is 0 Å². The first-order valence-corrected chi connectivity index (χ1v) is 7.82. The molecule has 1 aliphatic rings. The van der Waals surface area contributed by atoms with Gasteiger partial charge in [0, 0.05) is 24.3 Å². The minimum absolute atomic E-state index is 0.0591. The van der Waals surface area contributed by atoms with Crippen molar-refractivity contribution in [3.8, 4) is 0 Å². The van der Waals surface area contributed by atoms with Gasteiger partial charge >= 0.3 is 0 Å². The highest BCUT2D eigenvalue weighted by Crippen LogP contribution is 2.34. The molecule has 116 valence electrons. The number of nitrogens with one attached hydrogen (secondary N) is 2. The second kappa shape index (κ2) is 6.44. The van der Waals surface area contributed by atoms with E-state index < -0.39 is 0 Å². The number of rotatable bonds is 4. The predicted molar refractivity (Wildman–Crippen MR) is 85.4 cm³/mol. The summed E-state index contributed by atoms with van der Waals surface area (Å²) in [6.07, 6.45) is 5.08. The van der Waals surface area contributed by atoms with E-state index in [1.54, 1.807) is 18.2 Å². The van der Waals surface area contributed by atoms with E-state index in [1.165, 1.54) is 11.6 Å². The molecule has 0 radical (unpaired) electrons. The first kappa shape index (κ1) is 15.0. The molecule has 3 nitrogen and oxygen atoms in total. The molecule has 1 fully saturated rings. The summed E-state index contributed by atoms with van der Waals surface area (Å²) in [5.74, 6) is 0.290. The average Bonchev–Trinajstić information content (AvgIpc) is 2.96. The molecule has 0 spiro atoms. The third-order valence-corrected chi connectivity index (χ3v) is 4.55. The zero-order chi connectivity index (χ0) is 15.5. The fraction of sp³-hybridized carbons (Fsp3) is 0.389. The summed E-state index contributed by atoms with van der Waals surface area (Å²) < 4.78 is 13.3. The first-order valence-electron chi connectivity index (χ1n) is 7.82. The minimum Gasteiger partial charge on any atom is -0.329 e. The zero-order valence-electron chi connectivity index (χ0n) is 12.7. The maximum atomic E-state index is 13.3. The largest absolute Gasteiger partial charge is 0.329 e. The van der Waals surface area contributed by atoms with Gasteiger partial charge in [0.2, 0.25) is 5.56 Å². The number of H-pyrrole nitrogens is 1. The van der Waals surface area contributed by atoms with Crippen LogP contribution in [-0.2, 0) is 0 Å². The Balaban J connectivity index is 1.61. The molecule has 1 unspecified atom stereocenters. The molecule has 1 aromatic carbocycles. The monoisotopic (exact) mass is 300 g/mol. The molecule has 1 aliphatic carbocycles. The summed E-state index contributed by atoms with van der Waals surface area (Å²) in [6, 6.07) is 10.8. The number of aromatic nitrogens is 1. The molecule has 22 heavy (non-hydrogen) atoms. The van der Waals surface area contributed by atoms with Gasteiger partial charge in [-0.3, -0.25) is 4.79 Å². The highest BCUT2D eigenvalue weighted by molar-refractivity contribution is 5.20. The smallest absolute Gasteiger partial charge is 0.247 e. The van der Waals surface area contributed by atoms with Crippen LogP contribution in [-0.4, -0.2) is 11.0 Å². The van der Waals surface area contributed by atoms with Gasteiger partial charge in [-0.05, 0) is 55.4 Å². The highest BCUT2D eigenvalue weighted by atomic mass is 19.1. The van der Waals surface area contributed by atoms with Crippen molar-refractivity contribution in [2.75, 3.05) is 0 Å².